The van der Waals surface area contributed by atoms with Crippen LogP contribution < -0.4 is 11.4 Å². The topological polar surface area (TPSA) is 68.6 Å². The van der Waals surface area contributed by atoms with Crippen molar-refractivity contribution in [3.63, 3.8) is 0 Å². The van der Waals surface area contributed by atoms with Gasteiger partial charge in [0.1, 0.15) is 5.58 Å². The Morgan fingerprint density at radius 3 is 2.70 bits per heavy atom. The fourth-order valence-electron chi connectivity index (χ4n) is 1.96. The summed E-state index contributed by atoms with van der Waals surface area (Å²) >= 11 is 1.43. The van der Waals surface area contributed by atoms with Crippen molar-refractivity contribution >= 4 is 27.9 Å². The van der Waals surface area contributed by atoms with Crippen LogP contribution in [0.4, 0.5) is 0 Å². The van der Waals surface area contributed by atoms with Gasteiger partial charge in [0.05, 0.1) is 0 Å². The molecule has 1 aromatic carbocycles. The van der Waals surface area contributed by atoms with E-state index in [9.17, 15) is 4.79 Å². The first-order valence-corrected chi connectivity index (χ1v) is 7.46. The molecule has 20 heavy (non-hydrogen) atoms. The molecule has 4 nitrogen and oxygen atoms in total. The van der Waals surface area contributed by atoms with Crippen LogP contribution in [0.5, 0.6) is 0 Å². The Balaban J connectivity index is 2.44. The number of nitrogens with zero attached hydrogens (tertiary/aromatic N) is 1. The normalized spacial score (nSPS) is 12.1. The van der Waals surface area contributed by atoms with Crippen LogP contribution in [-0.4, -0.2) is 11.7 Å². The minimum atomic E-state index is -0.331. The molecule has 0 atom stereocenters. The van der Waals surface area contributed by atoms with Crippen molar-refractivity contribution in [2.24, 2.45) is 10.7 Å². The van der Waals surface area contributed by atoms with Crippen molar-refractivity contribution in [3.8, 4) is 0 Å². The van der Waals surface area contributed by atoms with Crippen molar-refractivity contribution in [1.29, 1.82) is 0 Å². The van der Waals surface area contributed by atoms with Crippen LogP contribution in [0.25, 0.3) is 11.0 Å². The molecule has 0 aliphatic rings. The van der Waals surface area contributed by atoms with Crippen molar-refractivity contribution in [2.45, 2.75) is 26.5 Å². The highest BCUT2D eigenvalue weighted by Crippen LogP contribution is 2.24. The lowest BCUT2D eigenvalue weighted by molar-refractivity contribution is 0.559. The molecule has 0 fully saturated rings. The molecule has 0 aliphatic heterocycles. The van der Waals surface area contributed by atoms with Gasteiger partial charge in [-0.3, -0.25) is 4.99 Å². The first-order valence-electron chi connectivity index (χ1n) is 6.48. The number of aryl methyl sites for hydroxylation is 2. The van der Waals surface area contributed by atoms with E-state index in [2.05, 4.69) is 11.1 Å². The number of benzene rings is 1. The standard InChI is InChI=1S/C15H18N2O2S/c1-4-17-15(16)20-8-11-7-14(18)19-13-6-10(3)9(2)5-12(11)13/h5-7H,4,8H2,1-3H3,(H2,16,17). The van der Waals surface area contributed by atoms with Crippen molar-refractivity contribution in [3.05, 3.63) is 45.3 Å². The molecule has 1 heterocycles. The van der Waals surface area contributed by atoms with E-state index in [0.29, 0.717) is 23.0 Å². The van der Waals surface area contributed by atoms with Gasteiger partial charge in [-0.05, 0) is 49.6 Å². The summed E-state index contributed by atoms with van der Waals surface area (Å²) in [5.41, 5.74) is 9.29. The Bertz CT molecular complexity index is 720. The maximum absolute atomic E-state index is 11.6. The summed E-state index contributed by atoms with van der Waals surface area (Å²) in [6.45, 7) is 6.65. The fourth-order valence-corrected chi connectivity index (χ4v) is 2.72. The molecule has 0 aliphatic carbocycles. The molecule has 1 aromatic heterocycles. The van der Waals surface area contributed by atoms with Gasteiger partial charge in [0.15, 0.2) is 5.17 Å². The van der Waals surface area contributed by atoms with Gasteiger partial charge in [0, 0.05) is 23.8 Å². The zero-order valence-electron chi connectivity index (χ0n) is 11.9. The minimum absolute atomic E-state index is 0.331. The molecule has 0 amide bonds. The van der Waals surface area contributed by atoms with Gasteiger partial charge in [0.25, 0.3) is 0 Å². The van der Waals surface area contributed by atoms with Crippen LogP contribution >= 0.6 is 11.8 Å². The number of aliphatic imine (C=N–C) groups is 1. The Hall–Kier alpha value is -1.75. The van der Waals surface area contributed by atoms with Crippen LogP contribution in [0.1, 0.15) is 23.6 Å². The summed E-state index contributed by atoms with van der Waals surface area (Å²) in [5.74, 6) is 0.611. The van der Waals surface area contributed by atoms with E-state index in [4.69, 9.17) is 10.2 Å². The van der Waals surface area contributed by atoms with Crippen LogP contribution in [0.2, 0.25) is 0 Å². The smallest absolute Gasteiger partial charge is 0.336 e. The zero-order chi connectivity index (χ0) is 14.7. The van der Waals surface area contributed by atoms with Crippen LogP contribution in [-0.2, 0) is 5.75 Å². The minimum Gasteiger partial charge on any atom is -0.423 e. The number of rotatable bonds is 3. The van der Waals surface area contributed by atoms with E-state index in [1.54, 1.807) is 0 Å². The summed E-state index contributed by atoms with van der Waals surface area (Å²) in [6, 6.07) is 5.49. The first-order chi connectivity index (χ1) is 9.51. The summed E-state index contributed by atoms with van der Waals surface area (Å²) in [4.78, 5) is 15.8. The number of hydrogen-bond donors (Lipinski definition) is 1. The number of amidine groups is 1. The maximum atomic E-state index is 11.6. The Labute approximate surface area is 122 Å². The second-order valence-electron chi connectivity index (χ2n) is 4.62. The lowest BCUT2D eigenvalue weighted by Gasteiger charge is -2.08. The lowest BCUT2D eigenvalue weighted by Crippen LogP contribution is -2.08. The molecule has 0 unspecified atom stereocenters. The summed E-state index contributed by atoms with van der Waals surface area (Å²) in [5, 5.41) is 1.50. The Morgan fingerprint density at radius 2 is 2.00 bits per heavy atom. The summed E-state index contributed by atoms with van der Waals surface area (Å²) in [7, 11) is 0. The van der Waals surface area contributed by atoms with Crippen LogP contribution in [0, 0.1) is 13.8 Å². The van der Waals surface area contributed by atoms with Crippen molar-refractivity contribution in [2.75, 3.05) is 6.54 Å². The molecule has 0 radical (unpaired) electrons. The maximum Gasteiger partial charge on any atom is 0.336 e. The predicted molar refractivity (Wildman–Crippen MR) is 85.4 cm³/mol. The highest BCUT2D eigenvalue weighted by Gasteiger charge is 2.08. The molecule has 0 saturated heterocycles. The number of hydrogen-bond acceptors (Lipinski definition) is 4. The predicted octanol–water partition coefficient (Wildman–Crippen LogP) is 2.98. The molecular formula is C15H18N2O2S. The Kier molecular flexibility index (Phi) is 4.49. The number of thioether (sulfide) groups is 1. The second kappa shape index (κ2) is 6.13. The van der Waals surface area contributed by atoms with E-state index in [0.717, 1.165) is 16.5 Å². The molecule has 0 bridgehead atoms. The van der Waals surface area contributed by atoms with Gasteiger partial charge in [-0.1, -0.05) is 11.8 Å². The van der Waals surface area contributed by atoms with Crippen LogP contribution in [0.15, 0.2) is 32.4 Å². The van der Waals surface area contributed by atoms with Gasteiger partial charge in [-0.15, -0.1) is 0 Å². The number of fused-ring (bicyclic) bond motifs is 1. The van der Waals surface area contributed by atoms with Crippen LogP contribution in [0.3, 0.4) is 0 Å². The largest absolute Gasteiger partial charge is 0.423 e. The third-order valence-electron chi connectivity index (χ3n) is 3.13. The quantitative estimate of drug-likeness (QED) is 0.536. The lowest BCUT2D eigenvalue weighted by atomic mass is 10.0. The van der Waals surface area contributed by atoms with E-state index < -0.39 is 0 Å². The van der Waals surface area contributed by atoms with E-state index in [1.165, 1.54) is 23.4 Å². The fraction of sp³-hybridized carbons (Fsp3) is 0.333. The molecule has 0 saturated carbocycles. The van der Waals surface area contributed by atoms with Gasteiger partial charge in [0.2, 0.25) is 0 Å². The molecule has 0 spiro atoms. The SMILES string of the molecule is CCN=C(N)SCc1cc(=O)oc2cc(C)c(C)cc12. The summed E-state index contributed by atoms with van der Waals surface area (Å²) < 4.78 is 5.27. The molecule has 2 rings (SSSR count). The van der Waals surface area contributed by atoms with Crippen molar-refractivity contribution < 1.29 is 4.42 Å². The van der Waals surface area contributed by atoms with Crippen molar-refractivity contribution in [1.82, 2.24) is 0 Å². The first kappa shape index (κ1) is 14.7. The third kappa shape index (κ3) is 3.22. The van der Waals surface area contributed by atoms with Gasteiger partial charge < -0.3 is 10.2 Å². The average molecular weight is 290 g/mol. The molecular weight excluding hydrogens is 272 g/mol. The second-order valence-corrected chi connectivity index (χ2v) is 5.62. The molecule has 2 N–H and O–H groups in total. The van der Waals surface area contributed by atoms with E-state index >= 15 is 0 Å². The third-order valence-corrected chi connectivity index (χ3v) is 4.01. The molecule has 5 heteroatoms. The average Bonchev–Trinajstić information content (AvgIpc) is 2.38. The van der Waals surface area contributed by atoms with Gasteiger partial charge >= 0.3 is 5.63 Å². The summed E-state index contributed by atoms with van der Waals surface area (Å²) in [6.07, 6.45) is 0. The Morgan fingerprint density at radius 1 is 1.30 bits per heavy atom. The van der Waals surface area contributed by atoms with Gasteiger partial charge in [-0.2, -0.15) is 0 Å². The van der Waals surface area contributed by atoms with E-state index in [-0.39, 0.29) is 5.63 Å². The molecule has 106 valence electrons. The number of nitrogens with two attached hydrogens (primary N) is 1. The molecule has 2 aromatic rings. The zero-order valence-corrected chi connectivity index (χ0v) is 12.7. The monoisotopic (exact) mass is 290 g/mol. The van der Waals surface area contributed by atoms with Gasteiger partial charge in [-0.25, -0.2) is 4.79 Å². The van der Waals surface area contributed by atoms with E-state index in [1.807, 2.05) is 26.8 Å². The highest BCUT2D eigenvalue weighted by molar-refractivity contribution is 8.13. The highest BCUT2D eigenvalue weighted by atomic mass is 32.2.